The van der Waals surface area contributed by atoms with E-state index in [0.29, 0.717) is 5.75 Å². The van der Waals surface area contributed by atoms with Gasteiger partial charge in [0.2, 0.25) is 5.91 Å². The molecule has 1 amide bonds. The van der Waals surface area contributed by atoms with Crippen molar-refractivity contribution in [2.45, 2.75) is 13.3 Å². The summed E-state index contributed by atoms with van der Waals surface area (Å²) in [5, 5.41) is 2.77. The molecule has 1 aliphatic heterocycles. The van der Waals surface area contributed by atoms with Gasteiger partial charge in [0.15, 0.2) is 0 Å². The summed E-state index contributed by atoms with van der Waals surface area (Å²) in [6.45, 7) is 9.73. The van der Waals surface area contributed by atoms with Crippen molar-refractivity contribution in [1.82, 2.24) is 5.32 Å². The van der Waals surface area contributed by atoms with E-state index in [0.717, 1.165) is 22.6 Å². The van der Waals surface area contributed by atoms with Gasteiger partial charge in [0, 0.05) is 4.91 Å². The van der Waals surface area contributed by atoms with Crippen molar-refractivity contribution in [2.24, 2.45) is 0 Å². The maximum atomic E-state index is 11.0. The average Bonchev–Trinajstić information content (AvgIpc) is 2.11. The van der Waals surface area contributed by atoms with Crippen LogP contribution in [0.4, 0.5) is 0 Å². The van der Waals surface area contributed by atoms with Crippen LogP contribution in [0.3, 0.4) is 0 Å². The van der Waals surface area contributed by atoms with Gasteiger partial charge in [-0.1, -0.05) is 25.7 Å². The van der Waals surface area contributed by atoms with E-state index in [4.69, 9.17) is 0 Å². The zero-order valence-electron chi connectivity index (χ0n) is 7.72. The molecule has 1 aliphatic rings. The number of thioether (sulfide) groups is 1. The highest BCUT2D eigenvalue weighted by Crippen LogP contribution is 2.25. The third kappa shape index (κ3) is 2.77. The Morgan fingerprint density at radius 2 is 2.46 bits per heavy atom. The topological polar surface area (TPSA) is 29.1 Å². The Morgan fingerprint density at radius 3 is 3.08 bits per heavy atom. The van der Waals surface area contributed by atoms with Gasteiger partial charge in [-0.05, 0) is 12.5 Å². The fourth-order valence-electron chi connectivity index (χ4n) is 0.909. The minimum atomic E-state index is 0.0348. The molecule has 0 aromatic heterocycles. The predicted octanol–water partition coefficient (Wildman–Crippen LogP) is 2.21. The lowest BCUT2D eigenvalue weighted by atomic mass is 10.2. The van der Waals surface area contributed by atoms with E-state index in [1.54, 1.807) is 0 Å². The fourth-order valence-corrected chi connectivity index (χ4v) is 1.55. The van der Waals surface area contributed by atoms with Gasteiger partial charge in [0.1, 0.15) is 0 Å². The van der Waals surface area contributed by atoms with Gasteiger partial charge in [0.05, 0.1) is 11.4 Å². The molecule has 70 valence electrons. The lowest BCUT2D eigenvalue weighted by Gasteiger charge is -2.17. The average molecular weight is 195 g/mol. The van der Waals surface area contributed by atoms with E-state index >= 15 is 0 Å². The molecular formula is C10H13NOS. The number of hydrogen-bond acceptors (Lipinski definition) is 2. The normalized spacial score (nSPS) is 20.2. The molecule has 0 aromatic carbocycles. The summed E-state index contributed by atoms with van der Waals surface area (Å²) in [5.41, 5.74) is 1.80. The number of nitrogens with one attached hydrogen (secondary N) is 1. The Kier molecular flexibility index (Phi) is 3.37. The smallest absolute Gasteiger partial charge is 0.234 e. The van der Waals surface area contributed by atoms with Crippen molar-refractivity contribution >= 4 is 17.7 Å². The van der Waals surface area contributed by atoms with Gasteiger partial charge in [0.25, 0.3) is 0 Å². The molecule has 1 saturated heterocycles. The Hall–Kier alpha value is -0.960. The van der Waals surface area contributed by atoms with E-state index in [9.17, 15) is 4.79 Å². The van der Waals surface area contributed by atoms with Gasteiger partial charge in [-0.3, -0.25) is 4.79 Å². The van der Waals surface area contributed by atoms with Gasteiger partial charge in [-0.15, -0.1) is 11.8 Å². The van der Waals surface area contributed by atoms with E-state index < -0.39 is 0 Å². The highest BCUT2D eigenvalue weighted by atomic mass is 32.2. The second kappa shape index (κ2) is 4.33. The summed E-state index contributed by atoms with van der Waals surface area (Å²) in [6, 6.07) is 0. The van der Waals surface area contributed by atoms with Crippen LogP contribution in [-0.2, 0) is 4.79 Å². The van der Waals surface area contributed by atoms with Crippen LogP contribution in [0.1, 0.15) is 13.3 Å². The molecule has 3 heteroatoms. The van der Waals surface area contributed by atoms with Crippen LogP contribution in [-0.4, -0.2) is 11.7 Å². The molecule has 0 aliphatic carbocycles. The first-order valence-corrected chi connectivity index (χ1v) is 5.13. The third-order valence-corrected chi connectivity index (χ3v) is 2.73. The van der Waals surface area contributed by atoms with Gasteiger partial charge < -0.3 is 5.32 Å². The Bertz CT molecular complexity index is 291. The largest absolute Gasteiger partial charge is 0.324 e. The van der Waals surface area contributed by atoms with Crippen LogP contribution in [0.15, 0.2) is 35.4 Å². The minimum Gasteiger partial charge on any atom is -0.324 e. The quantitative estimate of drug-likeness (QED) is 0.732. The first kappa shape index (κ1) is 10.1. The van der Waals surface area contributed by atoms with Crippen molar-refractivity contribution in [3.63, 3.8) is 0 Å². The Morgan fingerprint density at radius 1 is 1.77 bits per heavy atom. The zero-order chi connectivity index (χ0) is 9.84. The molecule has 13 heavy (non-hydrogen) atoms. The van der Waals surface area contributed by atoms with Crippen LogP contribution >= 0.6 is 11.8 Å². The minimum absolute atomic E-state index is 0.0348. The molecule has 0 unspecified atom stereocenters. The summed E-state index contributed by atoms with van der Waals surface area (Å²) in [6.07, 6.45) is 2.77. The van der Waals surface area contributed by atoms with Gasteiger partial charge >= 0.3 is 0 Å². The van der Waals surface area contributed by atoms with Crippen molar-refractivity contribution in [3.05, 3.63) is 35.4 Å². The maximum absolute atomic E-state index is 11.0. The second-order valence-corrected chi connectivity index (χ2v) is 3.90. The number of allylic oxidation sites excluding steroid dienone is 2. The summed E-state index contributed by atoms with van der Waals surface area (Å²) in [5.74, 6) is 0.502. The summed E-state index contributed by atoms with van der Waals surface area (Å²) >= 11 is 1.47. The molecule has 1 N–H and O–H groups in total. The number of carbonyl (C=O) groups is 1. The number of hydrogen-bond donors (Lipinski definition) is 1. The Labute approximate surface area is 82.8 Å². The van der Waals surface area contributed by atoms with Crippen molar-refractivity contribution in [1.29, 1.82) is 0 Å². The maximum Gasteiger partial charge on any atom is 0.234 e. The summed E-state index contributed by atoms with van der Waals surface area (Å²) in [4.78, 5) is 12.0. The molecule has 0 radical (unpaired) electrons. The molecule has 0 aromatic rings. The van der Waals surface area contributed by atoms with E-state index in [-0.39, 0.29) is 5.91 Å². The molecule has 0 atom stereocenters. The van der Waals surface area contributed by atoms with Crippen molar-refractivity contribution < 1.29 is 4.79 Å². The predicted molar refractivity (Wildman–Crippen MR) is 57.3 cm³/mol. The lowest BCUT2D eigenvalue weighted by Crippen LogP contribution is -2.29. The molecule has 1 rings (SSSR count). The van der Waals surface area contributed by atoms with Crippen LogP contribution in [0.25, 0.3) is 0 Å². The number of rotatable bonds is 2. The first-order chi connectivity index (χ1) is 6.13. The van der Waals surface area contributed by atoms with Crippen LogP contribution in [0.5, 0.6) is 0 Å². The Balaban J connectivity index is 2.76. The molecule has 0 saturated carbocycles. The number of amides is 1. The SMILES string of the molecule is C=C(/C=C1/NC(=O)CSC1=C)CC. The zero-order valence-corrected chi connectivity index (χ0v) is 8.54. The monoisotopic (exact) mass is 195 g/mol. The molecule has 1 fully saturated rings. The highest BCUT2D eigenvalue weighted by molar-refractivity contribution is 8.04. The van der Waals surface area contributed by atoms with Crippen molar-refractivity contribution in [3.8, 4) is 0 Å². The molecular weight excluding hydrogens is 182 g/mol. The lowest BCUT2D eigenvalue weighted by molar-refractivity contribution is -0.117. The first-order valence-electron chi connectivity index (χ1n) is 4.15. The van der Waals surface area contributed by atoms with Crippen LogP contribution in [0, 0.1) is 0 Å². The van der Waals surface area contributed by atoms with Crippen LogP contribution in [0.2, 0.25) is 0 Å². The molecule has 0 bridgehead atoms. The summed E-state index contributed by atoms with van der Waals surface area (Å²) < 4.78 is 0. The highest BCUT2D eigenvalue weighted by Gasteiger charge is 2.15. The molecule has 1 heterocycles. The van der Waals surface area contributed by atoms with Gasteiger partial charge in [-0.25, -0.2) is 0 Å². The number of carbonyl (C=O) groups excluding carboxylic acids is 1. The van der Waals surface area contributed by atoms with E-state index in [1.165, 1.54) is 11.8 Å². The van der Waals surface area contributed by atoms with E-state index in [2.05, 4.69) is 18.5 Å². The molecule has 2 nitrogen and oxygen atoms in total. The molecule has 0 spiro atoms. The van der Waals surface area contributed by atoms with Crippen LogP contribution < -0.4 is 5.32 Å². The van der Waals surface area contributed by atoms with Gasteiger partial charge in [-0.2, -0.15) is 0 Å². The fraction of sp³-hybridized carbons (Fsp3) is 0.300. The van der Waals surface area contributed by atoms with Crippen molar-refractivity contribution in [2.75, 3.05) is 5.75 Å². The third-order valence-electron chi connectivity index (χ3n) is 1.75. The summed E-state index contributed by atoms with van der Waals surface area (Å²) in [7, 11) is 0. The standard InChI is InChI=1S/C10H13NOS/c1-4-7(2)5-9-8(3)13-6-10(12)11-9/h5H,2-4,6H2,1H3,(H,11,12)/b9-5+. The van der Waals surface area contributed by atoms with E-state index in [1.807, 2.05) is 13.0 Å². The second-order valence-electron chi connectivity index (χ2n) is 2.83.